The average Bonchev–Trinajstić information content (AvgIpc) is 2.94. The third-order valence-electron chi connectivity index (χ3n) is 2.84. The van der Waals surface area contributed by atoms with Crippen LogP contribution in [0, 0.1) is 0 Å². The zero-order valence-corrected chi connectivity index (χ0v) is 13.4. The van der Waals surface area contributed by atoms with E-state index >= 15 is 0 Å². The van der Waals surface area contributed by atoms with E-state index in [4.69, 9.17) is 5.73 Å². The van der Waals surface area contributed by atoms with E-state index in [1.165, 1.54) is 0 Å². The van der Waals surface area contributed by atoms with Crippen molar-refractivity contribution in [1.82, 2.24) is 9.78 Å². The van der Waals surface area contributed by atoms with Crippen LogP contribution < -0.4 is 11.1 Å². The van der Waals surface area contributed by atoms with Crippen LogP contribution in [0.3, 0.4) is 0 Å². The SMILES string of the molecule is CSCC[C@H](N)C(=O)Nc1cnn(-c2ccccc2)c1.Cl. The van der Waals surface area contributed by atoms with Crippen molar-refractivity contribution in [3.8, 4) is 5.69 Å². The Morgan fingerprint density at radius 1 is 1.43 bits per heavy atom. The zero-order chi connectivity index (χ0) is 14.4. The van der Waals surface area contributed by atoms with Gasteiger partial charge < -0.3 is 11.1 Å². The third-order valence-corrected chi connectivity index (χ3v) is 3.48. The van der Waals surface area contributed by atoms with Crippen LogP contribution in [0.25, 0.3) is 5.69 Å². The number of nitrogens with one attached hydrogen (secondary N) is 1. The van der Waals surface area contributed by atoms with Gasteiger partial charge in [0.2, 0.25) is 5.91 Å². The minimum absolute atomic E-state index is 0. The summed E-state index contributed by atoms with van der Waals surface area (Å²) < 4.78 is 1.71. The maximum absolute atomic E-state index is 11.9. The Morgan fingerprint density at radius 2 is 2.14 bits per heavy atom. The van der Waals surface area contributed by atoms with Gasteiger partial charge in [0.25, 0.3) is 0 Å². The van der Waals surface area contributed by atoms with E-state index < -0.39 is 6.04 Å². The molecule has 0 aliphatic heterocycles. The highest BCUT2D eigenvalue weighted by Crippen LogP contribution is 2.11. The van der Waals surface area contributed by atoms with Crippen LogP contribution in [0.15, 0.2) is 42.7 Å². The highest BCUT2D eigenvalue weighted by Gasteiger charge is 2.13. The van der Waals surface area contributed by atoms with Crippen molar-refractivity contribution in [2.45, 2.75) is 12.5 Å². The van der Waals surface area contributed by atoms with E-state index in [1.54, 1.807) is 28.8 Å². The Hall–Kier alpha value is -1.50. The number of nitrogens with two attached hydrogens (primary N) is 1. The first kappa shape index (κ1) is 17.6. The van der Waals surface area contributed by atoms with Gasteiger partial charge in [-0.3, -0.25) is 4.79 Å². The van der Waals surface area contributed by atoms with Gasteiger partial charge in [-0.25, -0.2) is 4.68 Å². The topological polar surface area (TPSA) is 72.9 Å². The van der Waals surface area contributed by atoms with E-state index in [9.17, 15) is 4.79 Å². The number of hydrogen-bond donors (Lipinski definition) is 2. The summed E-state index contributed by atoms with van der Waals surface area (Å²) in [7, 11) is 0. The molecule has 2 rings (SSSR count). The van der Waals surface area contributed by atoms with E-state index in [2.05, 4.69) is 10.4 Å². The number of para-hydroxylation sites is 1. The van der Waals surface area contributed by atoms with Gasteiger partial charge in [0.05, 0.1) is 29.8 Å². The first-order valence-electron chi connectivity index (χ1n) is 6.36. The Labute approximate surface area is 134 Å². The first-order valence-corrected chi connectivity index (χ1v) is 7.75. The highest BCUT2D eigenvalue weighted by molar-refractivity contribution is 7.98. The molecule has 114 valence electrons. The second-order valence-corrected chi connectivity index (χ2v) is 5.37. The van der Waals surface area contributed by atoms with Gasteiger partial charge >= 0.3 is 0 Å². The van der Waals surface area contributed by atoms with Crippen LogP contribution in [0.1, 0.15) is 6.42 Å². The number of carbonyl (C=O) groups is 1. The Kier molecular flexibility index (Phi) is 7.28. The van der Waals surface area contributed by atoms with Crippen molar-refractivity contribution in [2.24, 2.45) is 5.73 Å². The van der Waals surface area contributed by atoms with E-state index in [0.717, 1.165) is 11.4 Å². The second kappa shape index (κ2) is 8.71. The predicted octanol–water partition coefficient (Wildman–Crippen LogP) is 2.31. The van der Waals surface area contributed by atoms with Crippen molar-refractivity contribution in [3.63, 3.8) is 0 Å². The number of thioether (sulfide) groups is 1. The van der Waals surface area contributed by atoms with Crippen molar-refractivity contribution >= 4 is 35.8 Å². The van der Waals surface area contributed by atoms with Crippen molar-refractivity contribution in [3.05, 3.63) is 42.7 Å². The monoisotopic (exact) mass is 326 g/mol. The molecule has 0 saturated carbocycles. The van der Waals surface area contributed by atoms with E-state index in [-0.39, 0.29) is 18.3 Å². The molecule has 0 fully saturated rings. The number of benzene rings is 1. The summed E-state index contributed by atoms with van der Waals surface area (Å²) in [4.78, 5) is 11.9. The minimum Gasteiger partial charge on any atom is -0.322 e. The number of aromatic nitrogens is 2. The highest BCUT2D eigenvalue weighted by atomic mass is 35.5. The van der Waals surface area contributed by atoms with Gasteiger partial charge in [-0.2, -0.15) is 16.9 Å². The number of halogens is 1. The molecule has 0 unspecified atom stereocenters. The lowest BCUT2D eigenvalue weighted by molar-refractivity contribution is -0.117. The molecule has 0 aliphatic carbocycles. The normalized spacial score (nSPS) is 11.5. The number of rotatable bonds is 6. The summed E-state index contributed by atoms with van der Waals surface area (Å²) in [6.07, 6.45) is 6.05. The molecule has 0 aliphatic rings. The molecular weight excluding hydrogens is 308 g/mol. The number of carbonyl (C=O) groups excluding carboxylic acids is 1. The molecule has 21 heavy (non-hydrogen) atoms. The van der Waals surface area contributed by atoms with Gasteiger partial charge in [-0.1, -0.05) is 18.2 Å². The zero-order valence-electron chi connectivity index (χ0n) is 11.7. The van der Waals surface area contributed by atoms with E-state index in [1.807, 2.05) is 36.6 Å². The van der Waals surface area contributed by atoms with Crippen molar-refractivity contribution in [2.75, 3.05) is 17.3 Å². The minimum atomic E-state index is -0.484. The maximum atomic E-state index is 11.9. The number of nitrogens with zero attached hydrogens (tertiary/aromatic N) is 2. The predicted molar refractivity (Wildman–Crippen MR) is 90.4 cm³/mol. The van der Waals surface area contributed by atoms with Gasteiger partial charge in [-0.05, 0) is 30.6 Å². The molecular formula is C14H19ClN4OS. The Bertz CT molecular complexity index is 561. The van der Waals surface area contributed by atoms with Crippen LogP contribution in [0.5, 0.6) is 0 Å². The van der Waals surface area contributed by atoms with Crippen LogP contribution >= 0.6 is 24.2 Å². The summed E-state index contributed by atoms with van der Waals surface area (Å²) in [5, 5.41) is 7.00. The number of hydrogen-bond acceptors (Lipinski definition) is 4. The lowest BCUT2D eigenvalue weighted by Crippen LogP contribution is -2.35. The first-order chi connectivity index (χ1) is 9.70. The fraction of sp³-hybridized carbons (Fsp3) is 0.286. The Morgan fingerprint density at radius 3 is 2.81 bits per heavy atom. The van der Waals surface area contributed by atoms with Crippen molar-refractivity contribution in [1.29, 1.82) is 0 Å². The largest absolute Gasteiger partial charge is 0.322 e. The van der Waals surface area contributed by atoms with Crippen LogP contribution in [0.4, 0.5) is 5.69 Å². The summed E-state index contributed by atoms with van der Waals surface area (Å²) in [5.74, 6) is 0.698. The molecule has 0 radical (unpaired) electrons. The summed E-state index contributed by atoms with van der Waals surface area (Å²) in [5.41, 5.74) is 7.41. The van der Waals surface area contributed by atoms with Crippen LogP contribution in [-0.2, 0) is 4.79 Å². The average molecular weight is 327 g/mol. The summed E-state index contributed by atoms with van der Waals surface area (Å²) in [6.45, 7) is 0. The van der Waals surface area contributed by atoms with Gasteiger partial charge in [-0.15, -0.1) is 12.4 Å². The van der Waals surface area contributed by atoms with Crippen molar-refractivity contribution < 1.29 is 4.79 Å². The van der Waals surface area contributed by atoms with Crippen LogP contribution in [-0.4, -0.2) is 33.7 Å². The quantitative estimate of drug-likeness (QED) is 0.854. The molecule has 2 aromatic rings. The molecule has 0 bridgehead atoms. The molecule has 0 saturated heterocycles. The molecule has 7 heteroatoms. The standard InChI is InChI=1S/C14H18N4OS.ClH/c1-20-8-7-13(15)14(19)17-11-9-16-18(10-11)12-5-3-2-4-6-12;/h2-6,9-10,13H,7-8,15H2,1H3,(H,17,19);1H/t13-;/m0./s1. The van der Waals surface area contributed by atoms with E-state index in [0.29, 0.717) is 12.1 Å². The Balaban J connectivity index is 0.00000220. The molecule has 3 N–H and O–H groups in total. The molecule has 0 spiro atoms. The number of anilines is 1. The second-order valence-electron chi connectivity index (χ2n) is 4.39. The molecule has 1 heterocycles. The van der Waals surface area contributed by atoms with Crippen LogP contribution in [0.2, 0.25) is 0 Å². The lowest BCUT2D eigenvalue weighted by Gasteiger charge is -2.09. The molecule has 1 aromatic carbocycles. The maximum Gasteiger partial charge on any atom is 0.241 e. The molecule has 5 nitrogen and oxygen atoms in total. The van der Waals surface area contributed by atoms with Gasteiger partial charge in [0.1, 0.15) is 0 Å². The fourth-order valence-electron chi connectivity index (χ4n) is 1.72. The third kappa shape index (κ3) is 5.08. The number of amides is 1. The smallest absolute Gasteiger partial charge is 0.241 e. The molecule has 1 atom stereocenters. The molecule has 1 amide bonds. The fourth-order valence-corrected chi connectivity index (χ4v) is 2.21. The lowest BCUT2D eigenvalue weighted by atomic mass is 10.2. The summed E-state index contributed by atoms with van der Waals surface area (Å²) >= 11 is 1.68. The van der Waals surface area contributed by atoms with Gasteiger partial charge in [0, 0.05) is 0 Å². The molecule has 1 aromatic heterocycles. The summed E-state index contributed by atoms with van der Waals surface area (Å²) in [6, 6.07) is 9.23. The van der Waals surface area contributed by atoms with Gasteiger partial charge in [0.15, 0.2) is 0 Å².